The number of nitrogens with zero attached hydrogens (tertiary/aromatic N) is 1. The minimum Gasteiger partial charge on any atom is -0.235 e. The zero-order chi connectivity index (χ0) is 8.27. The monoisotopic (exact) mass is 148 g/mol. The second-order valence-electron chi connectivity index (χ2n) is 2.77. The molecular formula is C10H14N+. The SMILES string of the molecule is CC=C1C=CC(=[N+](C)C)C=C1. The number of allylic oxidation sites excluding steroid dienone is 6. The Morgan fingerprint density at radius 3 is 2.00 bits per heavy atom. The summed E-state index contributed by atoms with van der Waals surface area (Å²) in [7, 11) is 4.09. The standard InChI is InChI=1S/C10H14N/c1-4-9-5-7-10(8-6-9)11(2)3/h4-8H,1-3H3/q+1. The van der Waals surface area contributed by atoms with Crippen molar-refractivity contribution in [3.8, 4) is 0 Å². The molecule has 0 aromatic carbocycles. The van der Waals surface area contributed by atoms with Gasteiger partial charge in [0, 0.05) is 12.2 Å². The topological polar surface area (TPSA) is 3.01 Å². The fourth-order valence-electron chi connectivity index (χ4n) is 0.965. The summed E-state index contributed by atoms with van der Waals surface area (Å²) in [6.45, 7) is 2.05. The Bertz CT molecular complexity index is 243. The van der Waals surface area contributed by atoms with Crippen LogP contribution in [0.1, 0.15) is 6.92 Å². The van der Waals surface area contributed by atoms with Gasteiger partial charge in [-0.1, -0.05) is 6.08 Å². The maximum absolute atomic E-state index is 2.12. The second kappa shape index (κ2) is 3.33. The maximum Gasteiger partial charge on any atom is 0.199 e. The molecule has 1 nitrogen and oxygen atoms in total. The van der Waals surface area contributed by atoms with Crippen LogP contribution in [0.5, 0.6) is 0 Å². The van der Waals surface area contributed by atoms with Crippen molar-refractivity contribution in [3.05, 3.63) is 36.0 Å². The zero-order valence-electron chi connectivity index (χ0n) is 7.33. The smallest absolute Gasteiger partial charge is 0.199 e. The molecule has 11 heavy (non-hydrogen) atoms. The van der Waals surface area contributed by atoms with E-state index in [1.54, 1.807) is 0 Å². The van der Waals surface area contributed by atoms with E-state index >= 15 is 0 Å². The summed E-state index contributed by atoms with van der Waals surface area (Å²) in [5.41, 5.74) is 2.52. The van der Waals surface area contributed by atoms with Gasteiger partial charge < -0.3 is 0 Å². The highest BCUT2D eigenvalue weighted by Crippen LogP contribution is 2.05. The zero-order valence-corrected chi connectivity index (χ0v) is 7.33. The third kappa shape index (κ3) is 1.90. The van der Waals surface area contributed by atoms with Gasteiger partial charge in [-0.15, -0.1) is 0 Å². The summed E-state index contributed by atoms with van der Waals surface area (Å²) in [6.07, 6.45) is 10.6. The van der Waals surface area contributed by atoms with E-state index in [-0.39, 0.29) is 0 Å². The average molecular weight is 148 g/mol. The third-order valence-electron chi connectivity index (χ3n) is 1.74. The van der Waals surface area contributed by atoms with Crippen LogP contribution in [-0.4, -0.2) is 24.4 Å². The summed E-state index contributed by atoms with van der Waals surface area (Å²) < 4.78 is 2.10. The van der Waals surface area contributed by atoms with E-state index in [9.17, 15) is 0 Å². The summed E-state index contributed by atoms with van der Waals surface area (Å²) >= 11 is 0. The molecule has 0 saturated carbocycles. The molecule has 0 aliphatic heterocycles. The molecule has 0 atom stereocenters. The van der Waals surface area contributed by atoms with Gasteiger partial charge in [0.15, 0.2) is 5.71 Å². The lowest BCUT2D eigenvalue weighted by Crippen LogP contribution is -2.09. The Labute approximate surface area is 68.1 Å². The molecule has 0 heterocycles. The van der Waals surface area contributed by atoms with Crippen LogP contribution in [0.4, 0.5) is 0 Å². The van der Waals surface area contributed by atoms with E-state index in [4.69, 9.17) is 0 Å². The molecule has 0 amide bonds. The fourth-order valence-corrected chi connectivity index (χ4v) is 0.965. The van der Waals surface area contributed by atoms with E-state index < -0.39 is 0 Å². The predicted molar refractivity (Wildman–Crippen MR) is 49.2 cm³/mol. The molecule has 58 valence electrons. The molecular weight excluding hydrogens is 134 g/mol. The van der Waals surface area contributed by atoms with E-state index in [2.05, 4.69) is 35.0 Å². The Morgan fingerprint density at radius 2 is 1.64 bits per heavy atom. The van der Waals surface area contributed by atoms with E-state index in [1.807, 2.05) is 21.0 Å². The van der Waals surface area contributed by atoms with Gasteiger partial charge in [0.2, 0.25) is 0 Å². The summed E-state index contributed by atoms with van der Waals surface area (Å²) in [4.78, 5) is 0. The van der Waals surface area contributed by atoms with Gasteiger partial charge in [-0.25, -0.2) is 4.58 Å². The Balaban J connectivity index is 2.89. The van der Waals surface area contributed by atoms with E-state index in [0.29, 0.717) is 0 Å². The van der Waals surface area contributed by atoms with Crippen LogP contribution in [0.3, 0.4) is 0 Å². The number of hydrogen-bond acceptors (Lipinski definition) is 0. The van der Waals surface area contributed by atoms with Crippen LogP contribution in [-0.2, 0) is 0 Å². The quantitative estimate of drug-likeness (QED) is 0.461. The lowest BCUT2D eigenvalue weighted by molar-refractivity contribution is -0.462. The first-order chi connectivity index (χ1) is 5.24. The molecule has 0 spiro atoms. The van der Waals surface area contributed by atoms with Crippen LogP contribution >= 0.6 is 0 Å². The normalized spacial score (nSPS) is 15.5. The van der Waals surface area contributed by atoms with Crippen LogP contribution in [0.2, 0.25) is 0 Å². The Kier molecular flexibility index (Phi) is 2.42. The second-order valence-corrected chi connectivity index (χ2v) is 2.77. The molecule has 0 saturated heterocycles. The van der Waals surface area contributed by atoms with Gasteiger partial charge in [0.1, 0.15) is 14.1 Å². The molecule has 0 fully saturated rings. The minimum atomic E-state index is 1.25. The molecule has 1 rings (SSSR count). The lowest BCUT2D eigenvalue weighted by atomic mass is 10.1. The van der Waals surface area contributed by atoms with Gasteiger partial charge >= 0.3 is 0 Å². The molecule has 1 heteroatoms. The first-order valence-electron chi connectivity index (χ1n) is 3.81. The van der Waals surface area contributed by atoms with Crippen molar-refractivity contribution >= 4 is 5.71 Å². The first kappa shape index (κ1) is 7.99. The van der Waals surface area contributed by atoms with Crippen molar-refractivity contribution < 1.29 is 4.58 Å². The van der Waals surface area contributed by atoms with Crippen molar-refractivity contribution in [1.29, 1.82) is 0 Å². The van der Waals surface area contributed by atoms with Crippen molar-refractivity contribution in [2.45, 2.75) is 6.92 Å². The van der Waals surface area contributed by atoms with E-state index in [1.165, 1.54) is 11.3 Å². The number of rotatable bonds is 0. The molecule has 0 bridgehead atoms. The lowest BCUT2D eigenvalue weighted by Gasteiger charge is -1.99. The molecule has 1 aliphatic carbocycles. The Hall–Kier alpha value is -1.11. The number of hydrogen-bond donors (Lipinski definition) is 0. The highest BCUT2D eigenvalue weighted by atomic mass is 14.9. The summed E-state index contributed by atoms with van der Waals surface area (Å²) in [5.74, 6) is 0. The first-order valence-corrected chi connectivity index (χ1v) is 3.81. The highest BCUT2D eigenvalue weighted by Gasteiger charge is 2.01. The van der Waals surface area contributed by atoms with Crippen LogP contribution in [0.25, 0.3) is 0 Å². The fraction of sp³-hybridized carbons (Fsp3) is 0.300. The van der Waals surface area contributed by atoms with Gasteiger partial charge in [-0.05, 0) is 24.6 Å². The summed E-state index contributed by atoms with van der Waals surface area (Å²) in [6, 6.07) is 0. The largest absolute Gasteiger partial charge is 0.235 e. The molecule has 0 aromatic rings. The highest BCUT2D eigenvalue weighted by molar-refractivity contribution is 6.02. The molecule has 0 radical (unpaired) electrons. The van der Waals surface area contributed by atoms with Crippen LogP contribution < -0.4 is 0 Å². The van der Waals surface area contributed by atoms with Gasteiger partial charge in [0.05, 0.1) is 0 Å². The maximum atomic E-state index is 2.12. The predicted octanol–water partition coefficient (Wildman–Crippen LogP) is 1.77. The molecule has 0 unspecified atom stereocenters. The van der Waals surface area contributed by atoms with Crippen molar-refractivity contribution in [2.75, 3.05) is 14.1 Å². The third-order valence-corrected chi connectivity index (χ3v) is 1.74. The molecule has 1 aliphatic rings. The molecule has 0 N–H and O–H groups in total. The van der Waals surface area contributed by atoms with Crippen LogP contribution in [0.15, 0.2) is 36.0 Å². The Morgan fingerprint density at radius 1 is 1.09 bits per heavy atom. The van der Waals surface area contributed by atoms with Crippen LogP contribution in [0, 0.1) is 0 Å². The average Bonchev–Trinajstić information content (AvgIpc) is 2.05. The van der Waals surface area contributed by atoms with Gasteiger partial charge in [-0.2, -0.15) is 0 Å². The van der Waals surface area contributed by atoms with E-state index in [0.717, 1.165) is 0 Å². The van der Waals surface area contributed by atoms with Crippen molar-refractivity contribution in [3.63, 3.8) is 0 Å². The summed E-state index contributed by atoms with van der Waals surface area (Å²) in [5, 5.41) is 0. The van der Waals surface area contributed by atoms with Gasteiger partial charge in [0.25, 0.3) is 0 Å². The van der Waals surface area contributed by atoms with Gasteiger partial charge in [-0.3, -0.25) is 0 Å². The molecule has 0 aromatic heterocycles. The van der Waals surface area contributed by atoms with Crippen molar-refractivity contribution in [1.82, 2.24) is 0 Å². The minimum absolute atomic E-state index is 1.25. The van der Waals surface area contributed by atoms with Crippen molar-refractivity contribution in [2.24, 2.45) is 0 Å².